The van der Waals surface area contributed by atoms with Gasteiger partial charge in [0.1, 0.15) is 11.5 Å². The number of methoxy groups -OCH3 is 1. The fourth-order valence-electron chi connectivity index (χ4n) is 3.85. The molecule has 4 nitrogen and oxygen atoms in total. The van der Waals surface area contributed by atoms with Crippen molar-refractivity contribution in [2.24, 2.45) is 17.8 Å². The Hall–Kier alpha value is -1.84. The van der Waals surface area contributed by atoms with Crippen molar-refractivity contribution in [3.8, 4) is 5.75 Å². The Labute approximate surface area is 131 Å². The lowest BCUT2D eigenvalue weighted by atomic mass is 9.67. The van der Waals surface area contributed by atoms with Crippen molar-refractivity contribution in [3.63, 3.8) is 0 Å². The Morgan fingerprint density at radius 2 is 1.91 bits per heavy atom. The number of hydrogen-bond donors (Lipinski definition) is 1. The van der Waals surface area contributed by atoms with E-state index in [2.05, 4.69) is 5.32 Å². The van der Waals surface area contributed by atoms with Crippen molar-refractivity contribution in [2.75, 3.05) is 12.4 Å². The summed E-state index contributed by atoms with van der Waals surface area (Å²) in [7, 11) is 1.60. The zero-order chi connectivity index (χ0) is 15.7. The number of ketones is 1. The molecular weight excluding hydrogens is 278 g/mol. The van der Waals surface area contributed by atoms with Crippen molar-refractivity contribution >= 4 is 17.4 Å². The lowest BCUT2D eigenvalue weighted by Gasteiger charge is -2.37. The molecule has 3 rings (SSSR count). The van der Waals surface area contributed by atoms with Crippen molar-refractivity contribution in [1.29, 1.82) is 0 Å². The summed E-state index contributed by atoms with van der Waals surface area (Å²) in [6.45, 7) is 1.98. The van der Waals surface area contributed by atoms with Crippen LogP contribution in [-0.2, 0) is 9.59 Å². The summed E-state index contributed by atoms with van der Waals surface area (Å²) in [5, 5.41) is 3.00. The fraction of sp³-hybridized carbons (Fsp3) is 0.556. The summed E-state index contributed by atoms with van der Waals surface area (Å²) < 4.78 is 5.31. The molecule has 1 aromatic carbocycles. The van der Waals surface area contributed by atoms with Gasteiger partial charge in [-0.05, 0) is 50.3 Å². The van der Waals surface area contributed by atoms with Crippen LogP contribution in [0.1, 0.15) is 37.7 Å². The summed E-state index contributed by atoms with van der Waals surface area (Å²) in [4.78, 5) is 24.7. The molecule has 0 spiro atoms. The molecule has 0 unspecified atom stereocenters. The predicted octanol–water partition coefficient (Wildman–Crippen LogP) is 3.34. The average molecular weight is 301 g/mol. The van der Waals surface area contributed by atoms with E-state index in [9.17, 15) is 9.59 Å². The number of anilines is 1. The van der Waals surface area contributed by atoms with Gasteiger partial charge in [-0.1, -0.05) is 12.5 Å². The third-order valence-electron chi connectivity index (χ3n) is 5.03. The van der Waals surface area contributed by atoms with E-state index in [0.29, 0.717) is 24.4 Å². The average Bonchev–Trinajstić information content (AvgIpc) is 2.47. The highest BCUT2D eigenvalue weighted by Gasteiger charge is 2.41. The van der Waals surface area contributed by atoms with Gasteiger partial charge >= 0.3 is 0 Å². The van der Waals surface area contributed by atoms with E-state index in [-0.39, 0.29) is 23.7 Å². The van der Waals surface area contributed by atoms with Gasteiger partial charge in [-0.15, -0.1) is 0 Å². The number of benzene rings is 1. The molecule has 0 heterocycles. The number of carbonyl (C=O) groups excluding carboxylic acids is 2. The van der Waals surface area contributed by atoms with Crippen LogP contribution >= 0.6 is 0 Å². The van der Waals surface area contributed by atoms with Crippen molar-refractivity contribution < 1.29 is 14.3 Å². The molecular formula is C18H23NO3. The van der Waals surface area contributed by atoms with Gasteiger partial charge in [0, 0.05) is 17.8 Å². The normalized spacial score (nSPS) is 27.4. The van der Waals surface area contributed by atoms with Gasteiger partial charge < -0.3 is 10.1 Å². The van der Waals surface area contributed by atoms with Gasteiger partial charge in [0.25, 0.3) is 0 Å². The van der Waals surface area contributed by atoms with Gasteiger partial charge in [0.15, 0.2) is 0 Å². The summed E-state index contributed by atoms with van der Waals surface area (Å²) in [5.41, 5.74) is 1.79. The minimum absolute atomic E-state index is 0.0216. The van der Waals surface area contributed by atoms with E-state index in [1.807, 2.05) is 25.1 Å². The zero-order valence-electron chi connectivity index (χ0n) is 13.2. The van der Waals surface area contributed by atoms with E-state index in [1.54, 1.807) is 7.11 Å². The summed E-state index contributed by atoms with van der Waals surface area (Å²) in [6.07, 6.45) is 4.44. The van der Waals surface area contributed by atoms with Crippen LogP contribution in [0.25, 0.3) is 0 Å². The van der Waals surface area contributed by atoms with Crippen molar-refractivity contribution in [2.45, 2.75) is 39.0 Å². The third-order valence-corrected chi connectivity index (χ3v) is 5.03. The van der Waals surface area contributed by atoms with Gasteiger partial charge in [-0.25, -0.2) is 0 Å². The van der Waals surface area contributed by atoms with Crippen molar-refractivity contribution in [3.05, 3.63) is 23.8 Å². The molecule has 1 aromatic rings. The molecule has 2 atom stereocenters. The number of nitrogens with one attached hydrogen (secondary N) is 1. The first-order valence-electron chi connectivity index (χ1n) is 8.07. The third kappa shape index (κ3) is 2.87. The number of hydrogen-bond acceptors (Lipinski definition) is 3. The van der Waals surface area contributed by atoms with Crippen LogP contribution in [0.5, 0.6) is 5.75 Å². The van der Waals surface area contributed by atoms with Crippen LogP contribution in [0.3, 0.4) is 0 Å². The topological polar surface area (TPSA) is 55.4 Å². The van der Waals surface area contributed by atoms with Crippen LogP contribution in [-0.4, -0.2) is 18.8 Å². The maximum absolute atomic E-state index is 12.6. The second kappa shape index (κ2) is 6.11. The maximum Gasteiger partial charge on any atom is 0.227 e. The molecule has 2 saturated carbocycles. The Balaban J connectivity index is 1.73. The Kier molecular flexibility index (Phi) is 4.19. The Morgan fingerprint density at radius 1 is 1.23 bits per heavy atom. The second-order valence-corrected chi connectivity index (χ2v) is 6.59. The molecule has 2 fully saturated rings. The minimum atomic E-state index is -0.0572. The van der Waals surface area contributed by atoms with Crippen molar-refractivity contribution in [1.82, 2.24) is 0 Å². The number of fused-ring (bicyclic) bond motifs is 2. The van der Waals surface area contributed by atoms with E-state index in [1.165, 1.54) is 0 Å². The molecule has 22 heavy (non-hydrogen) atoms. The number of Topliss-reactive ketones (excluding diaryl/α,β-unsaturated/α-hetero) is 1. The smallest absolute Gasteiger partial charge is 0.227 e. The molecule has 4 heteroatoms. The van der Waals surface area contributed by atoms with E-state index in [0.717, 1.165) is 30.5 Å². The number of ether oxygens (including phenoxy) is 1. The molecule has 1 N–H and O–H groups in total. The van der Waals surface area contributed by atoms with Crippen LogP contribution in [0.4, 0.5) is 5.69 Å². The van der Waals surface area contributed by atoms with Crippen LogP contribution in [0.2, 0.25) is 0 Å². The molecule has 0 saturated heterocycles. The molecule has 2 aliphatic carbocycles. The highest BCUT2D eigenvalue weighted by Crippen LogP contribution is 2.40. The molecule has 0 aromatic heterocycles. The highest BCUT2D eigenvalue weighted by atomic mass is 16.5. The standard InChI is InChI=1S/C18H23NO3/c1-11-6-7-16(22-2)15(8-11)19-18(21)14-9-12-4-3-5-13(10-14)17(12)20/h6-8,12-14H,3-5,9-10H2,1-2H3,(H,19,21)/t12-,13-/m0/s1. The summed E-state index contributed by atoms with van der Waals surface area (Å²) in [5.74, 6) is 1.23. The van der Waals surface area contributed by atoms with Gasteiger partial charge in [0.2, 0.25) is 5.91 Å². The zero-order valence-corrected chi connectivity index (χ0v) is 13.2. The second-order valence-electron chi connectivity index (χ2n) is 6.59. The first-order chi connectivity index (χ1) is 10.6. The summed E-state index contributed by atoms with van der Waals surface area (Å²) >= 11 is 0. The van der Waals surface area contributed by atoms with Crippen LogP contribution in [0.15, 0.2) is 18.2 Å². The highest BCUT2D eigenvalue weighted by molar-refractivity contribution is 5.96. The lowest BCUT2D eigenvalue weighted by Crippen LogP contribution is -2.40. The quantitative estimate of drug-likeness (QED) is 0.931. The van der Waals surface area contributed by atoms with Crippen LogP contribution in [0, 0.1) is 24.7 Å². The SMILES string of the molecule is COc1ccc(C)cc1NC(=O)C1C[C@@H]2CCC[C@@H](C1)C2=O. The van der Waals surface area contributed by atoms with Gasteiger partial charge in [-0.3, -0.25) is 9.59 Å². The maximum atomic E-state index is 12.6. The monoisotopic (exact) mass is 301 g/mol. The van der Waals surface area contributed by atoms with Gasteiger partial charge in [0.05, 0.1) is 12.8 Å². The Bertz CT molecular complexity index is 580. The molecule has 0 radical (unpaired) electrons. The van der Waals surface area contributed by atoms with Gasteiger partial charge in [-0.2, -0.15) is 0 Å². The fourth-order valence-corrected chi connectivity index (χ4v) is 3.85. The van der Waals surface area contributed by atoms with E-state index < -0.39 is 0 Å². The molecule has 118 valence electrons. The Morgan fingerprint density at radius 3 is 2.55 bits per heavy atom. The van der Waals surface area contributed by atoms with Crippen LogP contribution < -0.4 is 10.1 Å². The first kappa shape index (κ1) is 15.1. The van der Waals surface area contributed by atoms with E-state index in [4.69, 9.17) is 4.74 Å². The minimum Gasteiger partial charge on any atom is -0.495 e. The molecule has 1 amide bonds. The number of carbonyl (C=O) groups is 2. The number of aryl methyl sites for hydroxylation is 1. The number of amides is 1. The predicted molar refractivity (Wildman–Crippen MR) is 84.9 cm³/mol. The first-order valence-corrected chi connectivity index (χ1v) is 8.07. The van der Waals surface area contributed by atoms with E-state index >= 15 is 0 Å². The summed E-state index contributed by atoms with van der Waals surface area (Å²) in [6, 6.07) is 5.74. The molecule has 2 aliphatic rings. The largest absolute Gasteiger partial charge is 0.495 e. The lowest BCUT2D eigenvalue weighted by molar-refractivity contribution is -0.136. The molecule has 0 aliphatic heterocycles. The number of rotatable bonds is 3. The molecule has 2 bridgehead atoms.